The summed E-state index contributed by atoms with van der Waals surface area (Å²) in [5, 5.41) is 3.49. The number of nitrogens with one attached hydrogen (secondary N) is 1. The van der Waals surface area contributed by atoms with Gasteiger partial charge in [0.1, 0.15) is 18.2 Å². The zero-order valence-electron chi connectivity index (χ0n) is 11.7. The Labute approximate surface area is 115 Å². The third kappa shape index (κ3) is 4.67. The molecule has 1 aliphatic carbocycles. The summed E-state index contributed by atoms with van der Waals surface area (Å²) < 4.78 is 5.33. The van der Waals surface area contributed by atoms with Crippen LogP contribution in [0.3, 0.4) is 0 Å². The van der Waals surface area contributed by atoms with Crippen LogP contribution < -0.4 is 11.1 Å². The fourth-order valence-electron chi connectivity index (χ4n) is 2.48. The van der Waals surface area contributed by atoms with E-state index in [2.05, 4.69) is 15.3 Å². The maximum atomic E-state index is 5.82. The highest BCUT2D eigenvalue weighted by Gasteiger charge is 2.13. The van der Waals surface area contributed by atoms with Gasteiger partial charge in [-0.05, 0) is 19.8 Å². The second-order valence-corrected chi connectivity index (χ2v) is 5.06. The van der Waals surface area contributed by atoms with Crippen LogP contribution in [0, 0.1) is 0 Å². The molecule has 19 heavy (non-hydrogen) atoms. The molecule has 5 nitrogen and oxygen atoms in total. The van der Waals surface area contributed by atoms with Gasteiger partial charge in [0.2, 0.25) is 0 Å². The minimum absolute atomic E-state index is 0.418. The first-order valence-electron chi connectivity index (χ1n) is 7.25. The average Bonchev–Trinajstić information content (AvgIpc) is 2.64. The lowest BCUT2D eigenvalue weighted by Gasteiger charge is -2.17. The van der Waals surface area contributed by atoms with Gasteiger partial charge in [-0.15, -0.1) is 0 Å². The molecule has 1 saturated carbocycles. The first-order valence-corrected chi connectivity index (χ1v) is 7.25. The number of anilines is 2. The zero-order chi connectivity index (χ0) is 13.5. The van der Waals surface area contributed by atoms with E-state index in [1.807, 2.05) is 6.92 Å². The standard InChI is InChI=1S/C14H24N4O/c1-2-19-10-14-17-12(15)9-13(18-14)16-11-7-5-3-4-6-8-11/h9,11H,2-8,10H2,1H3,(H3,15,16,17,18). The van der Waals surface area contributed by atoms with Gasteiger partial charge >= 0.3 is 0 Å². The number of hydrogen-bond donors (Lipinski definition) is 2. The first-order chi connectivity index (χ1) is 9.28. The lowest BCUT2D eigenvalue weighted by atomic mass is 10.1. The first kappa shape index (κ1) is 14.1. The number of aromatic nitrogens is 2. The molecule has 1 aliphatic rings. The summed E-state index contributed by atoms with van der Waals surface area (Å²) in [6.07, 6.45) is 7.71. The highest BCUT2D eigenvalue weighted by molar-refractivity contribution is 5.45. The Bertz CT molecular complexity index is 389. The summed E-state index contributed by atoms with van der Waals surface area (Å²) in [6.45, 7) is 3.03. The second kappa shape index (κ2) is 7.28. The van der Waals surface area contributed by atoms with Crippen LogP contribution in [0.1, 0.15) is 51.3 Å². The Morgan fingerprint density at radius 2 is 2.00 bits per heavy atom. The Morgan fingerprint density at radius 3 is 2.68 bits per heavy atom. The molecule has 0 atom stereocenters. The number of rotatable bonds is 5. The van der Waals surface area contributed by atoms with Crippen molar-refractivity contribution in [3.05, 3.63) is 11.9 Å². The molecule has 0 unspecified atom stereocenters. The summed E-state index contributed by atoms with van der Waals surface area (Å²) in [5.41, 5.74) is 5.82. The quantitative estimate of drug-likeness (QED) is 0.800. The van der Waals surface area contributed by atoms with Gasteiger partial charge in [0.15, 0.2) is 5.82 Å². The van der Waals surface area contributed by atoms with Gasteiger partial charge in [-0.25, -0.2) is 9.97 Å². The summed E-state index contributed by atoms with van der Waals surface area (Å²) in [4.78, 5) is 8.65. The van der Waals surface area contributed by atoms with Gasteiger partial charge in [-0.2, -0.15) is 0 Å². The minimum atomic E-state index is 0.418. The number of hydrogen-bond acceptors (Lipinski definition) is 5. The second-order valence-electron chi connectivity index (χ2n) is 5.06. The number of ether oxygens (including phenoxy) is 1. The Morgan fingerprint density at radius 1 is 1.26 bits per heavy atom. The summed E-state index contributed by atoms with van der Waals surface area (Å²) >= 11 is 0. The molecule has 1 heterocycles. The van der Waals surface area contributed by atoms with Gasteiger partial charge in [-0.3, -0.25) is 0 Å². The number of nitrogens with two attached hydrogens (primary N) is 1. The van der Waals surface area contributed by atoms with E-state index in [-0.39, 0.29) is 0 Å². The van der Waals surface area contributed by atoms with Gasteiger partial charge < -0.3 is 15.8 Å². The van der Waals surface area contributed by atoms with Crippen molar-refractivity contribution >= 4 is 11.6 Å². The Hall–Kier alpha value is -1.36. The molecule has 0 radical (unpaired) electrons. The molecule has 0 saturated heterocycles. The molecule has 0 amide bonds. The average molecular weight is 264 g/mol. The molecule has 106 valence electrons. The van der Waals surface area contributed by atoms with Crippen LogP contribution in [-0.4, -0.2) is 22.6 Å². The van der Waals surface area contributed by atoms with Crippen molar-refractivity contribution in [2.24, 2.45) is 0 Å². The Kier molecular flexibility index (Phi) is 5.39. The van der Waals surface area contributed by atoms with E-state index in [0.717, 1.165) is 5.82 Å². The van der Waals surface area contributed by atoms with E-state index < -0.39 is 0 Å². The predicted molar refractivity (Wildman–Crippen MR) is 76.9 cm³/mol. The molecule has 0 bridgehead atoms. The van der Waals surface area contributed by atoms with Crippen molar-refractivity contribution in [3.63, 3.8) is 0 Å². The molecule has 3 N–H and O–H groups in total. The van der Waals surface area contributed by atoms with E-state index in [0.29, 0.717) is 30.9 Å². The molecule has 2 rings (SSSR count). The SMILES string of the molecule is CCOCc1nc(N)cc(NC2CCCCCC2)n1. The third-order valence-corrected chi connectivity index (χ3v) is 3.43. The lowest BCUT2D eigenvalue weighted by Crippen LogP contribution is -2.20. The fraction of sp³-hybridized carbons (Fsp3) is 0.714. The molecule has 5 heteroatoms. The predicted octanol–water partition coefficient (Wildman–Crippen LogP) is 2.73. The summed E-state index contributed by atoms with van der Waals surface area (Å²) in [7, 11) is 0. The maximum Gasteiger partial charge on any atom is 0.158 e. The topological polar surface area (TPSA) is 73.1 Å². The van der Waals surface area contributed by atoms with Crippen molar-refractivity contribution in [3.8, 4) is 0 Å². The van der Waals surface area contributed by atoms with Crippen LogP contribution in [-0.2, 0) is 11.3 Å². The van der Waals surface area contributed by atoms with Gasteiger partial charge in [0.25, 0.3) is 0 Å². The van der Waals surface area contributed by atoms with Crippen molar-refractivity contribution in [2.75, 3.05) is 17.7 Å². The van der Waals surface area contributed by atoms with E-state index in [1.165, 1.54) is 38.5 Å². The van der Waals surface area contributed by atoms with Crippen LogP contribution >= 0.6 is 0 Å². The van der Waals surface area contributed by atoms with Crippen LogP contribution in [0.4, 0.5) is 11.6 Å². The molecule has 1 fully saturated rings. The normalized spacial score (nSPS) is 17.1. The van der Waals surface area contributed by atoms with Crippen LogP contribution in [0.15, 0.2) is 6.07 Å². The summed E-state index contributed by atoms with van der Waals surface area (Å²) in [6, 6.07) is 2.32. The highest BCUT2D eigenvalue weighted by atomic mass is 16.5. The minimum Gasteiger partial charge on any atom is -0.384 e. The molecule has 0 aromatic carbocycles. The van der Waals surface area contributed by atoms with Crippen molar-refractivity contribution in [1.29, 1.82) is 0 Å². The van der Waals surface area contributed by atoms with E-state index >= 15 is 0 Å². The summed E-state index contributed by atoms with van der Waals surface area (Å²) in [5.74, 6) is 1.98. The van der Waals surface area contributed by atoms with E-state index in [9.17, 15) is 0 Å². The monoisotopic (exact) mass is 264 g/mol. The van der Waals surface area contributed by atoms with E-state index in [4.69, 9.17) is 10.5 Å². The van der Waals surface area contributed by atoms with E-state index in [1.54, 1.807) is 6.07 Å². The third-order valence-electron chi connectivity index (χ3n) is 3.43. The maximum absolute atomic E-state index is 5.82. The zero-order valence-corrected chi connectivity index (χ0v) is 11.7. The van der Waals surface area contributed by atoms with Crippen molar-refractivity contribution in [1.82, 2.24) is 9.97 Å². The number of nitrogens with zero attached hydrogens (tertiary/aromatic N) is 2. The van der Waals surface area contributed by atoms with Gasteiger partial charge in [0, 0.05) is 18.7 Å². The van der Waals surface area contributed by atoms with Crippen LogP contribution in [0.25, 0.3) is 0 Å². The van der Waals surface area contributed by atoms with Crippen LogP contribution in [0.5, 0.6) is 0 Å². The van der Waals surface area contributed by atoms with Gasteiger partial charge in [0.05, 0.1) is 0 Å². The highest BCUT2D eigenvalue weighted by Crippen LogP contribution is 2.21. The van der Waals surface area contributed by atoms with Crippen LogP contribution in [0.2, 0.25) is 0 Å². The molecule has 0 spiro atoms. The smallest absolute Gasteiger partial charge is 0.158 e. The molecular weight excluding hydrogens is 240 g/mol. The molecule has 1 aromatic rings. The number of nitrogen functional groups attached to an aromatic ring is 1. The molecule has 1 aromatic heterocycles. The van der Waals surface area contributed by atoms with Crippen molar-refractivity contribution in [2.45, 2.75) is 58.1 Å². The Balaban J connectivity index is 1.99. The largest absolute Gasteiger partial charge is 0.384 e. The fourth-order valence-corrected chi connectivity index (χ4v) is 2.48. The van der Waals surface area contributed by atoms with Crippen molar-refractivity contribution < 1.29 is 4.74 Å². The lowest BCUT2D eigenvalue weighted by molar-refractivity contribution is 0.128. The van der Waals surface area contributed by atoms with Gasteiger partial charge in [-0.1, -0.05) is 25.7 Å². The molecular formula is C14H24N4O. The molecule has 0 aliphatic heterocycles.